The maximum atomic E-state index is 12.3. The van der Waals surface area contributed by atoms with Gasteiger partial charge in [-0.05, 0) is 47.5 Å². The van der Waals surface area contributed by atoms with E-state index in [4.69, 9.17) is 0 Å². The van der Waals surface area contributed by atoms with Crippen molar-refractivity contribution in [2.24, 2.45) is 0 Å². The summed E-state index contributed by atoms with van der Waals surface area (Å²) in [5.74, 6) is 1.12. The SMILES string of the molecule is CCn1c(Cc2cccc3ccccc23)nnc1SCC(=O)Nc1ccc(Br)cc1. The fourth-order valence-electron chi connectivity index (χ4n) is 3.35. The third-order valence-electron chi connectivity index (χ3n) is 4.80. The first-order chi connectivity index (χ1) is 14.6. The molecule has 0 saturated carbocycles. The van der Waals surface area contributed by atoms with Crippen LogP contribution in [0.1, 0.15) is 18.3 Å². The average Bonchev–Trinajstić information content (AvgIpc) is 3.15. The van der Waals surface area contributed by atoms with Gasteiger partial charge in [-0.3, -0.25) is 4.79 Å². The molecule has 30 heavy (non-hydrogen) atoms. The van der Waals surface area contributed by atoms with E-state index in [1.54, 1.807) is 0 Å². The Morgan fingerprint density at radius 1 is 1.03 bits per heavy atom. The van der Waals surface area contributed by atoms with E-state index >= 15 is 0 Å². The van der Waals surface area contributed by atoms with Crippen LogP contribution in [0.5, 0.6) is 0 Å². The number of benzene rings is 3. The van der Waals surface area contributed by atoms with E-state index in [1.165, 1.54) is 28.1 Å². The largest absolute Gasteiger partial charge is 0.325 e. The number of anilines is 1. The molecule has 4 aromatic rings. The molecule has 3 aromatic carbocycles. The monoisotopic (exact) mass is 480 g/mol. The number of amides is 1. The van der Waals surface area contributed by atoms with Crippen LogP contribution in [0.15, 0.2) is 76.4 Å². The first-order valence-electron chi connectivity index (χ1n) is 9.71. The summed E-state index contributed by atoms with van der Waals surface area (Å²) in [5, 5.41) is 14.9. The number of rotatable bonds is 7. The van der Waals surface area contributed by atoms with Gasteiger partial charge in [-0.2, -0.15) is 0 Å². The highest BCUT2D eigenvalue weighted by molar-refractivity contribution is 9.10. The molecule has 0 atom stereocenters. The van der Waals surface area contributed by atoms with Crippen molar-refractivity contribution in [3.8, 4) is 0 Å². The number of carbonyl (C=O) groups is 1. The molecule has 4 rings (SSSR count). The number of thioether (sulfide) groups is 1. The topological polar surface area (TPSA) is 59.8 Å². The van der Waals surface area contributed by atoms with Crippen LogP contribution in [0.25, 0.3) is 10.8 Å². The molecule has 0 bridgehead atoms. The number of nitrogens with zero attached hydrogens (tertiary/aromatic N) is 3. The highest BCUT2D eigenvalue weighted by atomic mass is 79.9. The molecule has 1 aromatic heterocycles. The predicted octanol–water partition coefficient (Wildman–Crippen LogP) is 5.54. The second kappa shape index (κ2) is 9.45. The number of carbonyl (C=O) groups excluding carboxylic acids is 1. The Morgan fingerprint density at radius 3 is 2.60 bits per heavy atom. The molecule has 7 heteroatoms. The van der Waals surface area contributed by atoms with Crippen LogP contribution in [-0.4, -0.2) is 26.4 Å². The molecule has 0 unspecified atom stereocenters. The molecular formula is C23H21BrN4OS. The molecule has 0 aliphatic rings. The van der Waals surface area contributed by atoms with Gasteiger partial charge >= 0.3 is 0 Å². The lowest BCUT2D eigenvalue weighted by atomic mass is 10.0. The summed E-state index contributed by atoms with van der Waals surface area (Å²) < 4.78 is 3.06. The molecule has 0 aliphatic carbocycles. The minimum absolute atomic E-state index is 0.0661. The predicted molar refractivity (Wildman–Crippen MR) is 126 cm³/mol. The Kier molecular flexibility index (Phi) is 6.50. The molecule has 0 spiro atoms. The molecule has 0 radical (unpaired) electrons. The van der Waals surface area contributed by atoms with E-state index in [0.717, 1.165) is 27.7 Å². The Balaban J connectivity index is 1.45. The maximum absolute atomic E-state index is 12.3. The summed E-state index contributed by atoms with van der Waals surface area (Å²) in [6, 6.07) is 22.2. The summed E-state index contributed by atoms with van der Waals surface area (Å²) in [6.45, 7) is 2.83. The van der Waals surface area contributed by atoms with Crippen LogP contribution in [0, 0.1) is 0 Å². The van der Waals surface area contributed by atoms with Gasteiger partial charge in [0.15, 0.2) is 5.16 Å². The van der Waals surface area contributed by atoms with Gasteiger partial charge in [0.2, 0.25) is 5.91 Å². The van der Waals surface area contributed by atoms with Gasteiger partial charge in [0.05, 0.1) is 5.75 Å². The minimum atomic E-state index is -0.0661. The highest BCUT2D eigenvalue weighted by Crippen LogP contribution is 2.23. The molecule has 0 aliphatic heterocycles. The van der Waals surface area contributed by atoms with E-state index in [-0.39, 0.29) is 11.7 Å². The molecule has 1 amide bonds. The van der Waals surface area contributed by atoms with Crippen molar-refractivity contribution in [1.29, 1.82) is 0 Å². The lowest BCUT2D eigenvalue weighted by molar-refractivity contribution is -0.113. The van der Waals surface area contributed by atoms with E-state index < -0.39 is 0 Å². The summed E-state index contributed by atoms with van der Waals surface area (Å²) in [6.07, 6.45) is 0.702. The first-order valence-corrected chi connectivity index (χ1v) is 11.5. The molecule has 1 heterocycles. The quantitative estimate of drug-likeness (QED) is 0.353. The van der Waals surface area contributed by atoms with Gasteiger partial charge in [0.25, 0.3) is 0 Å². The highest BCUT2D eigenvalue weighted by Gasteiger charge is 2.14. The molecule has 5 nitrogen and oxygen atoms in total. The van der Waals surface area contributed by atoms with Crippen molar-refractivity contribution in [3.63, 3.8) is 0 Å². The number of halogens is 1. The van der Waals surface area contributed by atoms with Crippen molar-refractivity contribution < 1.29 is 4.79 Å². The maximum Gasteiger partial charge on any atom is 0.234 e. The summed E-state index contributed by atoms with van der Waals surface area (Å²) in [5.41, 5.74) is 2.00. The van der Waals surface area contributed by atoms with Gasteiger partial charge in [-0.1, -0.05) is 70.2 Å². The third-order valence-corrected chi connectivity index (χ3v) is 6.29. The first kappa shape index (κ1) is 20.6. The van der Waals surface area contributed by atoms with E-state index in [0.29, 0.717) is 6.42 Å². The van der Waals surface area contributed by atoms with Crippen molar-refractivity contribution >= 4 is 50.1 Å². The van der Waals surface area contributed by atoms with E-state index in [1.807, 2.05) is 24.3 Å². The normalized spacial score (nSPS) is 11.0. The van der Waals surface area contributed by atoms with Crippen LogP contribution < -0.4 is 5.32 Å². The smallest absolute Gasteiger partial charge is 0.234 e. The van der Waals surface area contributed by atoms with Gasteiger partial charge in [0.1, 0.15) is 5.82 Å². The Bertz CT molecular complexity index is 1170. The molecule has 1 N–H and O–H groups in total. The van der Waals surface area contributed by atoms with Crippen molar-refractivity contribution in [3.05, 3.63) is 82.6 Å². The fraction of sp³-hybridized carbons (Fsp3) is 0.174. The zero-order valence-electron chi connectivity index (χ0n) is 16.5. The molecule has 0 fully saturated rings. The zero-order valence-corrected chi connectivity index (χ0v) is 18.9. The second-order valence-corrected chi connectivity index (χ2v) is 8.66. The van der Waals surface area contributed by atoms with Crippen molar-refractivity contribution in [2.75, 3.05) is 11.1 Å². The Hall–Kier alpha value is -2.64. The van der Waals surface area contributed by atoms with Crippen LogP contribution in [-0.2, 0) is 17.8 Å². The molecule has 0 saturated heterocycles. The van der Waals surface area contributed by atoms with Crippen molar-refractivity contribution in [2.45, 2.75) is 25.0 Å². The third kappa shape index (κ3) is 4.74. The average molecular weight is 481 g/mol. The molecule has 152 valence electrons. The standard InChI is InChI=1S/C23H21BrN4OS/c1-2-28-21(14-17-8-5-7-16-6-3-4-9-20(16)17)26-27-23(28)30-15-22(29)25-19-12-10-18(24)11-13-19/h3-13H,2,14-15H2,1H3,(H,25,29). The Morgan fingerprint density at radius 2 is 1.80 bits per heavy atom. The Labute approximate surface area is 188 Å². The number of hydrogen-bond acceptors (Lipinski definition) is 4. The van der Waals surface area contributed by atoms with E-state index in [2.05, 4.69) is 85.4 Å². The number of nitrogens with one attached hydrogen (secondary N) is 1. The summed E-state index contributed by atoms with van der Waals surface area (Å²) in [7, 11) is 0. The second-order valence-electron chi connectivity index (χ2n) is 6.80. The lowest BCUT2D eigenvalue weighted by Crippen LogP contribution is -2.14. The van der Waals surface area contributed by atoms with E-state index in [9.17, 15) is 4.79 Å². The van der Waals surface area contributed by atoms with Gasteiger partial charge in [-0.15, -0.1) is 10.2 Å². The fourth-order valence-corrected chi connectivity index (χ4v) is 4.44. The number of aromatic nitrogens is 3. The van der Waals surface area contributed by atoms with Crippen LogP contribution >= 0.6 is 27.7 Å². The van der Waals surface area contributed by atoms with Gasteiger partial charge in [-0.25, -0.2) is 0 Å². The van der Waals surface area contributed by atoms with Crippen molar-refractivity contribution in [1.82, 2.24) is 14.8 Å². The molecular weight excluding hydrogens is 460 g/mol. The lowest BCUT2D eigenvalue weighted by Gasteiger charge is -2.09. The van der Waals surface area contributed by atoms with Crippen LogP contribution in [0.2, 0.25) is 0 Å². The number of fused-ring (bicyclic) bond motifs is 1. The minimum Gasteiger partial charge on any atom is -0.325 e. The number of hydrogen-bond donors (Lipinski definition) is 1. The van der Waals surface area contributed by atoms with Gasteiger partial charge < -0.3 is 9.88 Å². The summed E-state index contributed by atoms with van der Waals surface area (Å²) >= 11 is 4.80. The van der Waals surface area contributed by atoms with Gasteiger partial charge in [0, 0.05) is 23.1 Å². The van der Waals surface area contributed by atoms with Crippen LogP contribution in [0.3, 0.4) is 0 Å². The summed E-state index contributed by atoms with van der Waals surface area (Å²) in [4.78, 5) is 12.3. The van der Waals surface area contributed by atoms with Crippen LogP contribution in [0.4, 0.5) is 5.69 Å². The zero-order chi connectivity index (χ0) is 20.9.